The third kappa shape index (κ3) is 12.0. The molecule has 0 aliphatic rings. The third-order valence-corrected chi connectivity index (χ3v) is 2.89. The van der Waals surface area contributed by atoms with Crippen LogP contribution in [0.2, 0.25) is 0 Å². The summed E-state index contributed by atoms with van der Waals surface area (Å²) in [5.74, 6) is -9.65. The van der Waals surface area contributed by atoms with Crippen LogP contribution in [0.1, 0.15) is 13.8 Å². The molecule has 2 N–H and O–H groups in total. The predicted molar refractivity (Wildman–Crippen MR) is 67.8 cm³/mol. The highest BCUT2D eigenvalue weighted by molar-refractivity contribution is 7.47. The van der Waals surface area contributed by atoms with E-state index in [0.717, 1.165) is 13.1 Å². The van der Waals surface area contributed by atoms with Gasteiger partial charge in [0.1, 0.15) is 13.2 Å². The Hall–Kier alpha value is -0.490. The third-order valence-electron chi connectivity index (χ3n) is 1.98. The number of hydrogen-bond acceptors (Lipinski definition) is 4. The van der Waals surface area contributed by atoms with E-state index < -0.39 is 45.7 Å². The first kappa shape index (κ1) is 25.7. The average molecular weight is 399 g/mol. The van der Waals surface area contributed by atoms with Crippen molar-refractivity contribution in [3.63, 3.8) is 0 Å². The number of rotatable bonds is 10. The van der Waals surface area contributed by atoms with E-state index in [4.69, 9.17) is 4.89 Å². The molecule has 0 aromatic rings. The van der Waals surface area contributed by atoms with Gasteiger partial charge in [0.15, 0.2) is 0 Å². The molecule has 0 unspecified atom stereocenters. The van der Waals surface area contributed by atoms with E-state index in [1.54, 1.807) is 0 Å². The molecule has 0 radical (unpaired) electrons. The molecule has 0 aliphatic heterocycles. The fraction of sp³-hybridized carbons (Fsp3) is 1.00. The molecular formula is C10H18F8NO4P. The molecule has 0 saturated carbocycles. The van der Waals surface area contributed by atoms with Crippen molar-refractivity contribution in [1.82, 2.24) is 5.32 Å². The van der Waals surface area contributed by atoms with E-state index in [9.17, 15) is 39.7 Å². The van der Waals surface area contributed by atoms with Gasteiger partial charge >= 0.3 is 32.5 Å². The highest BCUT2D eigenvalue weighted by Crippen LogP contribution is 2.46. The lowest BCUT2D eigenvalue weighted by atomic mass is 10.4. The molecule has 0 bridgehead atoms. The zero-order valence-corrected chi connectivity index (χ0v) is 13.5. The maximum absolute atomic E-state index is 12.2. The fourth-order valence-corrected chi connectivity index (χ4v) is 1.49. The minimum absolute atomic E-state index is 1.09. The van der Waals surface area contributed by atoms with Crippen molar-refractivity contribution in [2.24, 2.45) is 0 Å². The van der Waals surface area contributed by atoms with Crippen LogP contribution < -0.4 is 5.32 Å². The normalized spacial score (nSPS) is 13.2. The van der Waals surface area contributed by atoms with Gasteiger partial charge in [-0.15, -0.1) is 0 Å². The van der Waals surface area contributed by atoms with Gasteiger partial charge in [0.05, 0.1) is 0 Å². The van der Waals surface area contributed by atoms with Gasteiger partial charge in [-0.3, -0.25) is 9.05 Å². The van der Waals surface area contributed by atoms with Crippen molar-refractivity contribution in [3.8, 4) is 0 Å². The van der Waals surface area contributed by atoms with Gasteiger partial charge in [0, 0.05) is 0 Å². The van der Waals surface area contributed by atoms with Crippen LogP contribution in [0.3, 0.4) is 0 Å². The monoisotopic (exact) mass is 399 g/mol. The SMILES string of the molecule is CCNCC.O=P(O)(OCC(F)(F)C(F)F)OCC(F)(F)C(F)F. The van der Waals surface area contributed by atoms with E-state index >= 15 is 0 Å². The lowest BCUT2D eigenvalue weighted by Gasteiger charge is -2.20. The van der Waals surface area contributed by atoms with Crippen molar-refractivity contribution in [2.45, 2.75) is 38.5 Å². The molecular weight excluding hydrogens is 381 g/mol. The predicted octanol–water partition coefficient (Wildman–Crippen LogP) is 3.54. The Balaban J connectivity index is 0. The first-order valence-corrected chi connectivity index (χ1v) is 7.86. The molecule has 0 amide bonds. The largest absolute Gasteiger partial charge is 0.472 e. The summed E-state index contributed by atoms with van der Waals surface area (Å²) in [4.78, 5) is 8.56. The Morgan fingerprint density at radius 2 is 1.21 bits per heavy atom. The van der Waals surface area contributed by atoms with Crippen LogP contribution in [-0.2, 0) is 13.6 Å². The second-order valence-electron chi connectivity index (χ2n) is 4.10. The van der Waals surface area contributed by atoms with Crippen LogP contribution in [0, 0.1) is 0 Å². The van der Waals surface area contributed by atoms with Crippen molar-refractivity contribution in [3.05, 3.63) is 0 Å². The quantitative estimate of drug-likeness (QED) is 0.435. The van der Waals surface area contributed by atoms with Crippen molar-refractivity contribution in [1.29, 1.82) is 0 Å². The summed E-state index contributed by atoms with van der Waals surface area (Å²) in [6, 6.07) is 0. The van der Waals surface area contributed by atoms with Crippen LogP contribution in [0.5, 0.6) is 0 Å². The number of alkyl halides is 8. The molecule has 0 aromatic heterocycles. The molecule has 14 heteroatoms. The molecule has 0 atom stereocenters. The topological polar surface area (TPSA) is 67.8 Å². The Morgan fingerprint density at radius 1 is 0.917 bits per heavy atom. The van der Waals surface area contributed by atoms with Gasteiger partial charge in [-0.2, -0.15) is 17.6 Å². The van der Waals surface area contributed by atoms with Gasteiger partial charge < -0.3 is 10.2 Å². The highest BCUT2D eigenvalue weighted by atomic mass is 31.2. The molecule has 5 nitrogen and oxygen atoms in total. The van der Waals surface area contributed by atoms with Crippen LogP contribution in [0.25, 0.3) is 0 Å². The zero-order chi connectivity index (χ0) is 19.6. The maximum atomic E-state index is 12.2. The van der Waals surface area contributed by atoms with Gasteiger partial charge in [-0.25, -0.2) is 22.1 Å². The number of halogens is 8. The average Bonchev–Trinajstić information content (AvgIpc) is 2.45. The molecule has 0 spiro atoms. The summed E-state index contributed by atoms with van der Waals surface area (Å²) in [5, 5.41) is 3.11. The van der Waals surface area contributed by atoms with E-state index in [1.165, 1.54) is 0 Å². The van der Waals surface area contributed by atoms with Crippen LogP contribution >= 0.6 is 7.82 Å². The highest BCUT2D eigenvalue weighted by Gasteiger charge is 2.46. The summed E-state index contributed by atoms with van der Waals surface area (Å²) in [5.41, 5.74) is 0. The molecule has 148 valence electrons. The first-order valence-electron chi connectivity index (χ1n) is 6.36. The van der Waals surface area contributed by atoms with Crippen LogP contribution in [-0.4, -0.2) is 55.9 Å². The van der Waals surface area contributed by atoms with Crippen molar-refractivity contribution < 1.29 is 53.6 Å². The van der Waals surface area contributed by atoms with Crippen LogP contribution in [0.4, 0.5) is 35.1 Å². The molecule has 0 aromatic carbocycles. The van der Waals surface area contributed by atoms with Crippen molar-refractivity contribution >= 4 is 7.82 Å². The lowest BCUT2D eigenvalue weighted by Crippen LogP contribution is -2.33. The van der Waals surface area contributed by atoms with Gasteiger partial charge in [-0.1, -0.05) is 13.8 Å². The van der Waals surface area contributed by atoms with Gasteiger partial charge in [0.25, 0.3) is 0 Å². The van der Waals surface area contributed by atoms with Gasteiger partial charge in [-0.05, 0) is 13.1 Å². The fourth-order valence-electron chi connectivity index (χ4n) is 0.749. The Bertz CT molecular complexity index is 356. The standard InChI is InChI=1S/C6H7F8O4P.C4H11N/c7-3(8)5(11,12)1-17-19(15,16)18-2-6(13,14)4(9)10;1-3-5-4-2/h3-4H,1-2H2,(H,15,16);5H,3-4H2,1-2H3. The number of phosphoric acid groups is 1. The number of phosphoric ester groups is 1. The van der Waals surface area contributed by atoms with E-state index in [1.807, 2.05) is 0 Å². The van der Waals surface area contributed by atoms with E-state index in [0.29, 0.717) is 0 Å². The molecule has 0 aliphatic carbocycles. The smallest absolute Gasteiger partial charge is 0.317 e. The van der Waals surface area contributed by atoms with E-state index in [2.05, 4.69) is 28.2 Å². The van der Waals surface area contributed by atoms with Crippen molar-refractivity contribution in [2.75, 3.05) is 26.3 Å². The Morgan fingerprint density at radius 3 is 1.38 bits per heavy atom. The Labute approximate surface area is 132 Å². The summed E-state index contributed by atoms with van der Waals surface area (Å²) in [7, 11) is -5.59. The summed E-state index contributed by atoms with van der Waals surface area (Å²) in [6.45, 7) is 1.78. The Kier molecular flexibility index (Phi) is 12.0. The first-order chi connectivity index (χ1) is 10.7. The summed E-state index contributed by atoms with van der Waals surface area (Å²) >= 11 is 0. The maximum Gasteiger partial charge on any atom is 0.472 e. The second kappa shape index (κ2) is 11.2. The number of nitrogens with one attached hydrogen (secondary N) is 1. The molecule has 0 fully saturated rings. The van der Waals surface area contributed by atoms with Crippen LogP contribution in [0.15, 0.2) is 0 Å². The zero-order valence-electron chi connectivity index (χ0n) is 12.6. The molecule has 24 heavy (non-hydrogen) atoms. The number of hydrogen-bond donors (Lipinski definition) is 2. The van der Waals surface area contributed by atoms with E-state index in [-0.39, 0.29) is 0 Å². The summed E-state index contributed by atoms with van der Waals surface area (Å²) < 4.78 is 113. The lowest BCUT2D eigenvalue weighted by molar-refractivity contribution is -0.161. The van der Waals surface area contributed by atoms with Gasteiger partial charge in [0.2, 0.25) is 0 Å². The minimum atomic E-state index is -5.59. The second-order valence-corrected chi connectivity index (χ2v) is 5.55. The molecule has 0 heterocycles. The molecule has 0 rings (SSSR count). The minimum Gasteiger partial charge on any atom is -0.317 e. The molecule has 0 saturated heterocycles. The summed E-state index contributed by atoms with van der Waals surface area (Å²) in [6.07, 6.45) is -8.48.